The lowest BCUT2D eigenvalue weighted by molar-refractivity contribution is 1.12. The Morgan fingerprint density at radius 1 is 0.373 bits per heavy atom. The van der Waals surface area contributed by atoms with Crippen LogP contribution < -0.4 is 4.90 Å². The van der Waals surface area contributed by atoms with Gasteiger partial charge in [-0.2, -0.15) is 0 Å². The van der Waals surface area contributed by atoms with Gasteiger partial charge in [0, 0.05) is 68.7 Å². The zero-order chi connectivity index (χ0) is 39.1. The molecule has 11 rings (SSSR count). The zero-order valence-electron chi connectivity index (χ0n) is 32.1. The summed E-state index contributed by atoms with van der Waals surface area (Å²) in [6.45, 7) is 0. The van der Waals surface area contributed by atoms with Crippen LogP contribution in [0.5, 0.6) is 0 Å². The number of para-hydroxylation sites is 2. The van der Waals surface area contributed by atoms with Gasteiger partial charge in [0.15, 0.2) is 5.82 Å². The minimum atomic E-state index is 0.709. The van der Waals surface area contributed by atoms with E-state index in [1.165, 1.54) is 49.4 Å². The highest BCUT2D eigenvalue weighted by atomic mass is 15.1. The van der Waals surface area contributed by atoms with Gasteiger partial charge in [0.05, 0.1) is 16.6 Å². The molecule has 0 saturated carbocycles. The summed E-state index contributed by atoms with van der Waals surface area (Å²) in [5, 5.41) is 3.65. The van der Waals surface area contributed by atoms with Gasteiger partial charge in [-0.15, -0.1) is 0 Å². The number of aromatic nitrogens is 4. The first-order chi connectivity index (χ1) is 29.3. The molecule has 8 aromatic carbocycles. The van der Waals surface area contributed by atoms with Crippen molar-refractivity contribution < 1.29 is 0 Å². The predicted molar refractivity (Wildman–Crippen MR) is 244 cm³/mol. The van der Waals surface area contributed by atoms with Crippen LogP contribution in [0.1, 0.15) is 0 Å². The molecule has 278 valence electrons. The minimum absolute atomic E-state index is 0.709. The van der Waals surface area contributed by atoms with Gasteiger partial charge in [-0.25, -0.2) is 9.97 Å². The van der Waals surface area contributed by atoms with Gasteiger partial charge < -0.3 is 14.0 Å². The third kappa shape index (κ3) is 6.13. The monoisotopic (exact) mass is 755 g/mol. The van der Waals surface area contributed by atoms with Crippen LogP contribution in [0.25, 0.3) is 77.7 Å². The predicted octanol–water partition coefficient (Wildman–Crippen LogP) is 14.0. The molecule has 0 N–H and O–H groups in total. The van der Waals surface area contributed by atoms with E-state index in [1.54, 1.807) is 12.4 Å². The lowest BCUT2D eigenvalue weighted by Gasteiger charge is -2.26. The average Bonchev–Trinajstić information content (AvgIpc) is 3.90. The quantitative estimate of drug-likeness (QED) is 0.155. The van der Waals surface area contributed by atoms with Crippen molar-refractivity contribution in [2.75, 3.05) is 4.90 Å². The molecule has 3 aromatic heterocycles. The second-order valence-electron chi connectivity index (χ2n) is 14.7. The van der Waals surface area contributed by atoms with Crippen LogP contribution in [0.15, 0.2) is 225 Å². The normalized spacial score (nSPS) is 11.4. The largest absolute Gasteiger partial charge is 0.315 e. The Morgan fingerprint density at radius 2 is 0.898 bits per heavy atom. The lowest BCUT2D eigenvalue weighted by Crippen LogP contribution is -2.09. The van der Waals surface area contributed by atoms with Crippen molar-refractivity contribution in [3.8, 4) is 45.0 Å². The number of benzene rings is 8. The summed E-state index contributed by atoms with van der Waals surface area (Å²) in [7, 11) is 0. The maximum atomic E-state index is 4.47. The van der Waals surface area contributed by atoms with Gasteiger partial charge in [-0.3, -0.25) is 0 Å². The number of hydrogen-bond donors (Lipinski definition) is 0. The molecule has 0 aliphatic heterocycles. The highest BCUT2D eigenvalue weighted by Crippen LogP contribution is 2.41. The van der Waals surface area contributed by atoms with E-state index in [1.807, 2.05) is 6.07 Å². The third-order valence-electron chi connectivity index (χ3n) is 11.3. The third-order valence-corrected chi connectivity index (χ3v) is 11.3. The van der Waals surface area contributed by atoms with Crippen molar-refractivity contribution >= 4 is 49.8 Å². The van der Waals surface area contributed by atoms with Crippen LogP contribution in [0.2, 0.25) is 0 Å². The van der Waals surface area contributed by atoms with E-state index >= 15 is 0 Å². The van der Waals surface area contributed by atoms with E-state index in [-0.39, 0.29) is 0 Å². The van der Waals surface area contributed by atoms with E-state index in [0.29, 0.717) is 5.82 Å². The van der Waals surface area contributed by atoms with Crippen molar-refractivity contribution in [1.82, 2.24) is 19.1 Å². The summed E-state index contributed by atoms with van der Waals surface area (Å²) >= 11 is 0. The van der Waals surface area contributed by atoms with Crippen LogP contribution in [0.3, 0.4) is 0 Å². The van der Waals surface area contributed by atoms with Gasteiger partial charge in [0.2, 0.25) is 0 Å². The van der Waals surface area contributed by atoms with E-state index in [4.69, 9.17) is 0 Å². The highest BCUT2D eigenvalue weighted by Gasteiger charge is 2.19. The Morgan fingerprint density at radius 3 is 1.53 bits per heavy atom. The molecule has 0 aliphatic carbocycles. The summed E-state index contributed by atoms with van der Waals surface area (Å²) < 4.78 is 4.75. The second-order valence-corrected chi connectivity index (χ2v) is 14.7. The Bertz CT molecular complexity index is 3130. The number of nitrogens with zero attached hydrogens (tertiary/aromatic N) is 5. The molecular formula is C54H37N5. The molecule has 0 radical (unpaired) electrons. The second kappa shape index (κ2) is 14.5. The summed E-state index contributed by atoms with van der Waals surface area (Å²) in [5.41, 5.74) is 14.7. The molecule has 0 spiro atoms. The molecule has 3 heterocycles. The molecule has 0 fully saturated rings. The SMILES string of the molecule is c1ccc(-c2ccc(N(c3ccc(-c4ccc5c(c4)c4ccc6ccn(-c7ccccc7)c6c4n5-c4ccccc4)cc3)c3ccc(-c4ncccn4)cc3)cc2)cc1. The molecule has 0 unspecified atom stereocenters. The first-order valence-corrected chi connectivity index (χ1v) is 19.9. The number of anilines is 3. The molecule has 0 amide bonds. The Labute approximate surface area is 342 Å². The molecule has 0 bridgehead atoms. The number of fused-ring (bicyclic) bond motifs is 5. The van der Waals surface area contributed by atoms with Crippen LogP contribution >= 0.6 is 0 Å². The van der Waals surface area contributed by atoms with Gasteiger partial charge in [-0.1, -0.05) is 109 Å². The van der Waals surface area contributed by atoms with Crippen molar-refractivity contribution in [2.45, 2.75) is 0 Å². The molecule has 5 nitrogen and oxygen atoms in total. The van der Waals surface area contributed by atoms with Crippen LogP contribution in [-0.2, 0) is 0 Å². The van der Waals surface area contributed by atoms with Crippen LogP contribution in [-0.4, -0.2) is 19.1 Å². The van der Waals surface area contributed by atoms with E-state index in [0.717, 1.165) is 39.6 Å². The van der Waals surface area contributed by atoms with Crippen molar-refractivity contribution in [3.63, 3.8) is 0 Å². The van der Waals surface area contributed by atoms with Gasteiger partial charge in [0.25, 0.3) is 0 Å². The van der Waals surface area contributed by atoms with Gasteiger partial charge in [0.1, 0.15) is 0 Å². The summed E-state index contributed by atoms with van der Waals surface area (Å²) in [4.78, 5) is 11.2. The molecule has 5 heteroatoms. The molecular weight excluding hydrogens is 719 g/mol. The standard InChI is InChI=1S/C54H37N5/c1-4-11-38(12-5-1)39-17-25-46(26-18-39)58(48-29-21-42(22-30-48)54-55-34-10-35-56-54)47-27-19-40(20-28-47)43-24-32-51-50(37-43)49-31-23-41-33-36-57(44-13-6-2-7-14-44)52(41)53(49)59(51)45-15-8-3-9-16-45/h1-37H. The Balaban J connectivity index is 1.02. The topological polar surface area (TPSA) is 38.9 Å². The van der Waals surface area contributed by atoms with Crippen molar-refractivity contribution in [3.05, 3.63) is 225 Å². The maximum absolute atomic E-state index is 4.47. The van der Waals surface area contributed by atoms with E-state index in [2.05, 4.69) is 230 Å². The van der Waals surface area contributed by atoms with Crippen molar-refractivity contribution in [1.29, 1.82) is 0 Å². The lowest BCUT2D eigenvalue weighted by atomic mass is 10.0. The van der Waals surface area contributed by atoms with Gasteiger partial charge >= 0.3 is 0 Å². The summed E-state index contributed by atoms with van der Waals surface area (Å²) in [6.07, 6.45) is 5.74. The van der Waals surface area contributed by atoms with Crippen LogP contribution in [0.4, 0.5) is 17.1 Å². The van der Waals surface area contributed by atoms with E-state index in [9.17, 15) is 0 Å². The smallest absolute Gasteiger partial charge is 0.159 e. The first kappa shape index (κ1) is 34.2. The van der Waals surface area contributed by atoms with Crippen LogP contribution in [0, 0.1) is 0 Å². The Hall–Kier alpha value is -8.02. The van der Waals surface area contributed by atoms with E-state index < -0.39 is 0 Å². The number of rotatable bonds is 8. The Kier molecular flexibility index (Phi) is 8.41. The summed E-state index contributed by atoms with van der Waals surface area (Å²) in [5.74, 6) is 0.709. The average molecular weight is 756 g/mol. The minimum Gasteiger partial charge on any atom is -0.315 e. The highest BCUT2D eigenvalue weighted by molar-refractivity contribution is 6.18. The zero-order valence-corrected chi connectivity index (χ0v) is 32.1. The van der Waals surface area contributed by atoms with Crippen molar-refractivity contribution in [2.24, 2.45) is 0 Å². The fourth-order valence-corrected chi connectivity index (χ4v) is 8.44. The first-order valence-electron chi connectivity index (χ1n) is 19.9. The maximum Gasteiger partial charge on any atom is 0.159 e. The fraction of sp³-hybridized carbons (Fsp3) is 0. The molecule has 59 heavy (non-hydrogen) atoms. The fourth-order valence-electron chi connectivity index (χ4n) is 8.44. The molecule has 0 aliphatic rings. The number of hydrogen-bond acceptors (Lipinski definition) is 3. The van der Waals surface area contributed by atoms with Gasteiger partial charge in [-0.05, 0) is 119 Å². The molecule has 11 aromatic rings. The molecule has 0 saturated heterocycles. The summed E-state index contributed by atoms with van der Waals surface area (Å²) in [6, 6.07) is 73.5. The molecule has 0 atom stereocenters.